The summed E-state index contributed by atoms with van der Waals surface area (Å²) in [6.45, 7) is 1.88. The molecule has 1 atom stereocenters. The van der Waals surface area contributed by atoms with Crippen LogP contribution in [0.3, 0.4) is 0 Å². The maximum absolute atomic E-state index is 12.1. The maximum atomic E-state index is 12.1. The van der Waals surface area contributed by atoms with Gasteiger partial charge in [0.05, 0.1) is 0 Å². The van der Waals surface area contributed by atoms with E-state index in [9.17, 15) is 8.78 Å². The van der Waals surface area contributed by atoms with Gasteiger partial charge in [0.1, 0.15) is 0 Å². The van der Waals surface area contributed by atoms with Crippen molar-refractivity contribution in [2.24, 2.45) is 11.7 Å². The van der Waals surface area contributed by atoms with Gasteiger partial charge in [0.25, 0.3) is 6.43 Å². The quantitative estimate of drug-likeness (QED) is 0.622. The van der Waals surface area contributed by atoms with Gasteiger partial charge < -0.3 is 5.73 Å². The molecule has 2 N–H and O–H groups in total. The Bertz CT molecular complexity index is 206. The van der Waals surface area contributed by atoms with Crippen molar-refractivity contribution in [3.63, 3.8) is 0 Å². The van der Waals surface area contributed by atoms with Crippen LogP contribution in [0.4, 0.5) is 8.78 Å². The average molecular weight is 159 g/mol. The van der Waals surface area contributed by atoms with E-state index in [1.807, 2.05) is 6.92 Å². The van der Waals surface area contributed by atoms with Crippen LogP contribution in [0.5, 0.6) is 0 Å². The Hall–Kier alpha value is -0.860. The smallest absolute Gasteiger partial charge is 0.260 e. The molecule has 3 heteroatoms. The van der Waals surface area contributed by atoms with Crippen molar-refractivity contribution in [3.8, 4) is 0 Å². The fourth-order valence-corrected chi connectivity index (χ4v) is 1.23. The minimum atomic E-state index is -2.36. The number of hydrogen-bond donors (Lipinski definition) is 1. The maximum Gasteiger partial charge on any atom is 0.260 e. The SMILES string of the molecule is CC1C=C(N)C=C(C(F)F)C1. The molecule has 0 amide bonds. The number of hydrogen-bond acceptors (Lipinski definition) is 1. The number of alkyl halides is 2. The first-order valence-corrected chi connectivity index (χ1v) is 3.55. The molecule has 0 aliphatic heterocycles. The van der Waals surface area contributed by atoms with Crippen LogP contribution in [0.25, 0.3) is 0 Å². The molecule has 0 aromatic carbocycles. The third-order valence-corrected chi connectivity index (χ3v) is 1.67. The Kier molecular flexibility index (Phi) is 2.27. The minimum Gasteiger partial charge on any atom is -0.399 e. The molecular weight excluding hydrogens is 148 g/mol. The van der Waals surface area contributed by atoms with Crippen molar-refractivity contribution in [3.05, 3.63) is 23.4 Å². The first-order chi connectivity index (χ1) is 5.09. The van der Waals surface area contributed by atoms with E-state index in [2.05, 4.69) is 0 Å². The van der Waals surface area contributed by atoms with Crippen molar-refractivity contribution in [1.82, 2.24) is 0 Å². The van der Waals surface area contributed by atoms with Gasteiger partial charge in [-0.05, 0) is 24.0 Å². The second kappa shape index (κ2) is 3.03. The molecule has 0 aromatic rings. The predicted octanol–water partition coefficient (Wildman–Crippen LogP) is 2.06. The fraction of sp³-hybridized carbons (Fsp3) is 0.500. The molecular formula is C8H11F2N. The Morgan fingerprint density at radius 1 is 1.64 bits per heavy atom. The first-order valence-electron chi connectivity index (χ1n) is 3.55. The highest BCUT2D eigenvalue weighted by atomic mass is 19.3. The molecule has 0 radical (unpaired) electrons. The molecule has 0 bridgehead atoms. The number of nitrogens with two attached hydrogens (primary N) is 1. The minimum absolute atomic E-state index is 0.143. The summed E-state index contributed by atoms with van der Waals surface area (Å²) in [7, 11) is 0. The van der Waals surface area contributed by atoms with Gasteiger partial charge in [-0.25, -0.2) is 8.78 Å². The molecule has 0 spiro atoms. The first kappa shape index (κ1) is 8.24. The largest absolute Gasteiger partial charge is 0.399 e. The summed E-state index contributed by atoms with van der Waals surface area (Å²) in [6.07, 6.45) is 1.24. The third kappa shape index (κ3) is 2.03. The van der Waals surface area contributed by atoms with Crippen LogP contribution in [0.2, 0.25) is 0 Å². The van der Waals surface area contributed by atoms with Crippen molar-refractivity contribution < 1.29 is 8.78 Å². The zero-order valence-corrected chi connectivity index (χ0v) is 6.35. The van der Waals surface area contributed by atoms with Crippen molar-refractivity contribution in [2.45, 2.75) is 19.8 Å². The zero-order valence-electron chi connectivity index (χ0n) is 6.35. The molecule has 0 saturated heterocycles. The van der Waals surface area contributed by atoms with Gasteiger partial charge in [0.2, 0.25) is 0 Å². The monoisotopic (exact) mass is 159 g/mol. The summed E-state index contributed by atoms with van der Waals surface area (Å²) in [6, 6.07) is 0. The van der Waals surface area contributed by atoms with Gasteiger partial charge in [-0.2, -0.15) is 0 Å². The molecule has 0 saturated carbocycles. The lowest BCUT2D eigenvalue weighted by Gasteiger charge is -2.15. The lowest BCUT2D eigenvalue weighted by molar-refractivity contribution is 0.182. The van der Waals surface area contributed by atoms with E-state index in [0.717, 1.165) is 0 Å². The van der Waals surface area contributed by atoms with Gasteiger partial charge in [-0.3, -0.25) is 0 Å². The molecule has 1 rings (SSSR count). The van der Waals surface area contributed by atoms with Crippen LogP contribution < -0.4 is 5.73 Å². The van der Waals surface area contributed by atoms with E-state index in [1.165, 1.54) is 6.08 Å². The van der Waals surface area contributed by atoms with Crippen molar-refractivity contribution in [1.29, 1.82) is 0 Å². The molecule has 1 nitrogen and oxygen atoms in total. The van der Waals surface area contributed by atoms with Crippen molar-refractivity contribution >= 4 is 0 Å². The Balaban J connectivity index is 2.76. The van der Waals surface area contributed by atoms with Crippen molar-refractivity contribution in [2.75, 3.05) is 0 Å². The molecule has 1 aliphatic carbocycles. The Morgan fingerprint density at radius 3 is 2.73 bits per heavy atom. The summed E-state index contributed by atoms with van der Waals surface area (Å²) < 4.78 is 24.2. The lowest BCUT2D eigenvalue weighted by atomic mass is 9.95. The molecule has 11 heavy (non-hydrogen) atoms. The highest BCUT2D eigenvalue weighted by molar-refractivity contribution is 5.27. The Labute approximate surface area is 64.6 Å². The van der Waals surface area contributed by atoms with Crippen LogP contribution in [-0.2, 0) is 0 Å². The summed E-state index contributed by atoms with van der Waals surface area (Å²) in [5.41, 5.74) is 6.01. The molecule has 0 fully saturated rings. The molecule has 62 valence electrons. The summed E-state index contributed by atoms with van der Waals surface area (Å²) in [5, 5.41) is 0. The van der Waals surface area contributed by atoms with Gasteiger partial charge in [-0.15, -0.1) is 0 Å². The molecule has 1 aliphatic rings. The molecule has 0 aromatic heterocycles. The molecule has 0 heterocycles. The number of halogens is 2. The lowest BCUT2D eigenvalue weighted by Crippen LogP contribution is -2.10. The van der Waals surface area contributed by atoms with Crippen LogP contribution in [-0.4, -0.2) is 6.43 Å². The highest BCUT2D eigenvalue weighted by Gasteiger charge is 2.17. The average Bonchev–Trinajstić information content (AvgIpc) is 1.85. The summed E-state index contributed by atoms with van der Waals surface area (Å²) in [4.78, 5) is 0. The van der Waals surface area contributed by atoms with E-state index in [4.69, 9.17) is 5.73 Å². The van der Waals surface area contributed by atoms with Gasteiger partial charge in [0, 0.05) is 5.70 Å². The predicted molar refractivity (Wildman–Crippen MR) is 40.1 cm³/mol. The topological polar surface area (TPSA) is 26.0 Å². The van der Waals surface area contributed by atoms with Crippen LogP contribution in [0, 0.1) is 5.92 Å². The third-order valence-electron chi connectivity index (χ3n) is 1.67. The van der Waals surface area contributed by atoms with Gasteiger partial charge >= 0.3 is 0 Å². The second-order valence-corrected chi connectivity index (χ2v) is 2.87. The Morgan fingerprint density at radius 2 is 2.27 bits per heavy atom. The highest BCUT2D eigenvalue weighted by Crippen LogP contribution is 2.24. The summed E-state index contributed by atoms with van der Waals surface area (Å²) in [5.74, 6) is 0.143. The van der Waals surface area contributed by atoms with E-state index >= 15 is 0 Å². The van der Waals surface area contributed by atoms with Crippen LogP contribution in [0.15, 0.2) is 23.4 Å². The van der Waals surface area contributed by atoms with Gasteiger partial charge in [-0.1, -0.05) is 13.0 Å². The van der Waals surface area contributed by atoms with E-state index in [-0.39, 0.29) is 11.5 Å². The van der Waals surface area contributed by atoms with Gasteiger partial charge in [0.15, 0.2) is 0 Å². The fourth-order valence-electron chi connectivity index (χ4n) is 1.23. The standard InChI is InChI=1S/C8H11F2N/c1-5-2-6(8(9)10)4-7(11)3-5/h3-5,8H,2,11H2,1H3. The summed E-state index contributed by atoms with van der Waals surface area (Å²) >= 11 is 0. The normalized spacial score (nSPS) is 24.9. The van der Waals surface area contributed by atoms with Crippen LogP contribution >= 0.6 is 0 Å². The van der Waals surface area contributed by atoms with E-state index in [1.54, 1.807) is 6.08 Å². The molecule has 1 unspecified atom stereocenters. The number of allylic oxidation sites excluding steroid dienone is 3. The zero-order chi connectivity index (χ0) is 8.43. The number of rotatable bonds is 1. The van der Waals surface area contributed by atoms with E-state index < -0.39 is 6.43 Å². The van der Waals surface area contributed by atoms with E-state index in [0.29, 0.717) is 12.1 Å². The second-order valence-electron chi connectivity index (χ2n) is 2.87. The van der Waals surface area contributed by atoms with Crippen LogP contribution in [0.1, 0.15) is 13.3 Å².